The molecule has 0 amide bonds. The fraction of sp³-hybridized carbons (Fsp3) is 0.636. The smallest absolute Gasteiger partial charge is 0.330 e. The van der Waals surface area contributed by atoms with Gasteiger partial charge in [-0.3, -0.25) is 4.79 Å². The normalized spacial score (nSPS) is 12.5. The zero-order valence-electron chi connectivity index (χ0n) is 9.49. The largest absolute Gasteiger partial charge is 0.466 e. The summed E-state index contributed by atoms with van der Waals surface area (Å²) in [5.41, 5.74) is 0. The molecule has 0 spiro atoms. The second-order valence-electron chi connectivity index (χ2n) is 3.10. The standard InChI is InChI=1S/C11H18O4/c1-4-14-10(12)7-6-9(3)8-11(13)15-5-2/h6-7,9H,4-5,8H2,1-3H3. The Morgan fingerprint density at radius 2 is 1.80 bits per heavy atom. The van der Waals surface area contributed by atoms with Crippen molar-refractivity contribution in [3.05, 3.63) is 12.2 Å². The zero-order valence-corrected chi connectivity index (χ0v) is 9.49. The topological polar surface area (TPSA) is 52.6 Å². The summed E-state index contributed by atoms with van der Waals surface area (Å²) in [4.78, 5) is 22.0. The van der Waals surface area contributed by atoms with Crippen molar-refractivity contribution in [1.29, 1.82) is 0 Å². The molecular formula is C11H18O4. The second kappa shape index (κ2) is 8.03. The van der Waals surface area contributed by atoms with Crippen LogP contribution in [0.15, 0.2) is 12.2 Å². The fourth-order valence-electron chi connectivity index (χ4n) is 0.984. The monoisotopic (exact) mass is 214 g/mol. The van der Waals surface area contributed by atoms with Gasteiger partial charge in [0, 0.05) is 6.08 Å². The summed E-state index contributed by atoms with van der Waals surface area (Å²) in [6.07, 6.45) is 3.27. The first-order valence-corrected chi connectivity index (χ1v) is 5.10. The molecule has 0 aliphatic rings. The SMILES string of the molecule is CCOC(=O)C=CC(C)CC(=O)OCC. The van der Waals surface area contributed by atoms with Crippen LogP contribution in [0.2, 0.25) is 0 Å². The molecule has 0 saturated carbocycles. The summed E-state index contributed by atoms with van der Waals surface area (Å²) < 4.78 is 9.48. The van der Waals surface area contributed by atoms with Crippen molar-refractivity contribution in [2.24, 2.45) is 5.92 Å². The van der Waals surface area contributed by atoms with Gasteiger partial charge in [0.2, 0.25) is 0 Å². The van der Waals surface area contributed by atoms with Crippen LogP contribution in [-0.2, 0) is 19.1 Å². The van der Waals surface area contributed by atoms with Crippen LogP contribution in [0.5, 0.6) is 0 Å². The highest BCUT2D eigenvalue weighted by atomic mass is 16.5. The molecule has 0 aromatic carbocycles. The van der Waals surface area contributed by atoms with Crippen LogP contribution in [-0.4, -0.2) is 25.2 Å². The minimum Gasteiger partial charge on any atom is -0.466 e. The minimum atomic E-state index is -0.381. The summed E-state index contributed by atoms with van der Waals surface area (Å²) in [5, 5.41) is 0. The van der Waals surface area contributed by atoms with Gasteiger partial charge in [-0.15, -0.1) is 0 Å². The highest BCUT2D eigenvalue weighted by Gasteiger charge is 2.07. The molecule has 1 atom stereocenters. The Morgan fingerprint density at radius 1 is 1.20 bits per heavy atom. The maximum Gasteiger partial charge on any atom is 0.330 e. The fourth-order valence-corrected chi connectivity index (χ4v) is 0.984. The van der Waals surface area contributed by atoms with Crippen LogP contribution in [0.25, 0.3) is 0 Å². The van der Waals surface area contributed by atoms with Crippen molar-refractivity contribution in [3.63, 3.8) is 0 Å². The van der Waals surface area contributed by atoms with E-state index in [2.05, 4.69) is 0 Å². The van der Waals surface area contributed by atoms with E-state index in [-0.39, 0.29) is 24.3 Å². The second-order valence-corrected chi connectivity index (χ2v) is 3.10. The Kier molecular flexibility index (Phi) is 7.32. The van der Waals surface area contributed by atoms with Crippen molar-refractivity contribution in [2.45, 2.75) is 27.2 Å². The van der Waals surface area contributed by atoms with Crippen molar-refractivity contribution in [1.82, 2.24) is 0 Å². The van der Waals surface area contributed by atoms with Gasteiger partial charge < -0.3 is 9.47 Å². The minimum absolute atomic E-state index is 0.0199. The predicted octanol–water partition coefficient (Wildman–Crippen LogP) is 1.70. The molecule has 0 bridgehead atoms. The van der Waals surface area contributed by atoms with Crippen molar-refractivity contribution >= 4 is 11.9 Å². The Hall–Kier alpha value is -1.32. The van der Waals surface area contributed by atoms with E-state index in [1.807, 2.05) is 6.92 Å². The van der Waals surface area contributed by atoms with Gasteiger partial charge in [0.15, 0.2) is 0 Å². The number of esters is 2. The number of ether oxygens (including phenoxy) is 2. The van der Waals surface area contributed by atoms with Gasteiger partial charge in [0.05, 0.1) is 19.6 Å². The highest BCUT2D eigenvalue weighted by Crippen LogP contribution is 2.05. The molecule has 0 aliphatic heterocycles. The number of carbonyl (C=O) groups excluding carboxylic acids is 2. The van der Waals surface area contributed by atoms with E-state index < -0.39 is 0 Å². The molecular weight excluding hydrogens is 196 g/mol. The predicted molar refractivity (Wildman–Crippen MR) is 56.2 cm³/mol. The van der Waals surface area contributed by atoms with E-state index in [0.717, 1.165) is 0 Å². The van der Waals surface area contributed by atoms with Gasteiger partial charge in [0.25, 0.3) is 0 Å². The summed E-state index contributed by atoms with van der Waals surface area (Å²) in [6.45, 7) is 6.08. The number of carbonyl (C=O) groups is 2. The lowest BCUT2D eigenvalue weighted by Gasteiger charge is -2.05. The molecule has 0 aromatic rings. The molecule has 0 fully saturated rings. The molecule has 4 nitrogen and oxygen atoms in total. The number of rotatable bonds is 6. The lowest BCUT2D eigenvalue weighted by molar-refractivity contribution is -0.144. The molecule has 4 heteroatoms. The van der Waals surface area contributed by atoms with Gasteiger partial charge in [-0.25, -0.2) is 4.79 Å². The summed E-state index contributed by atoms with van der Waals surface area (Å²) >= 11 is 0. The molecule has 0 aliphatic carbocycles. The first-order valence-electron chi connectivity index (χ1n) is 5.10. The van der Waals surface area contributed by atoms with Crippen LogP contribution in [0, 0.1) is 5.92 Å². The molecule has 86 valence electrons. The Labute approximate surface area is 90.2 Å². The quantitative estimate of drug-likeness (QED) is 0.498. The molecule has 0 radical (unpaired) electrons. The van der Waals surface area contributed by atoms with E-state index in [1.165, 1.54) is 6.08 Å². The van der Waals surface area contributed by atoms with Gasteiger partial charge >= 0.3 is 11.9 Å². The van der Waals surface area contributed by atoms with Gasteiger partial charge in [0.1, 0.15) is 0 Å². The van der Waals surface area contributed by atoms with Gasteiger partial charge in [-0.05, 0) is 19.8 Å². The zero-order chi connectivity index (χ0) is 11.7. The first-order chi connectivity index (χ1) is 7.10. The molecule has 0 saturated heterocycles. The third kappa shape index (κ3) is 7.73. The lowest BCUT2D eigenvalue weighted by atomic mass is 10.1. The van der Waals surface area contributed by atoms with Crippen LogP contribution in [0.3, 0.4) is 0 Å². The van der Waals surface area contributed by atoms with E-state index in [1.54, 1.807) is 19.9 Å². The van der Waals surface area contributed by atoms with E-state index in [0.29, 0.717) is 13.2 Å². The van der Waals surface area contributed by atoms with Crippen LogP contribution < -0.4 is 0 Å². The first kappa shape index (κ1) is 13.7. The third-order valence-corrected chi connectivity index (χ3v) is 1.64. The van der Waals surface area contributed by atoms with Gasteiger partial charge in [-0.2, -0.15) is 0 Å². The molecule has 1 unspecified atom stereocenters. The third-order valence-electron chi connectivity index (χ3n) is 1.64. The number of allylic oxidation sites excluding steroid dienone is 1. The van der Waals surface area contributed by atoms with Crippen LogP contribution in [0.4, 0.5) is 0 Å². The maximum atomic E-state index is 11.1. The van der Waals surface area contributed by atoms with Crippen molar-refractivity contribution < 1.29 is 19.1 Å². The van der Waals surface area contributed by atoms with Crippen molar-refractivity contribution in [3.8, 4) is 0 Å². The highest BCUT2D eigenvalue weighted by molar-refractivity contribution is 5.82. The number of hydrogen-bond donors (Lipinski definition) is 0. The Morgan fingerprint density at radius 3 is 2.33 bits per heavy atom. The Balaban J connectivity index is 3.86. The lowest BCUT2D eigenvalue weighted by Crippen LogP contribution is -2.08. The van der Waals surface area contributed by atoms with E-state index in [9.17, 15) is 9.59 Å². The molecule has 0 heterocycles. The molecule has 0 aromatic heterocycles. The van der Waals surface area contributed by atoms with E-state index in [4.69, 9.17) is 9.47 Å². The Bertz CT molecular complexity index is 233. The molecule has 15 heavy (non-hydrogen) atoms. The molecule has 0 rings (SSSR count). The molecule has 0 N–H and O–H groups in total. The summed E-state index contributed by atoms with van der Waals surface area (Å²) in [7, 11) is 0. The van der Waals surface area contributed by atoms with Gasteiger partial charge in [-0.1, -0.05) is 13.0 Å². The number of hydrogen-bond acceptors (Lipinski definition) is 4. The van der Waals surface area contributed by atoms with Crippen LogP contribution in [0.1, 0.15) is 27.2 Å². The summed E-state index contributed by atoms with van der Waals surface area (Å²) in [5.74, 6) is -0.653. The summed E-state index contributed by atoms with van der Waals surface area (Å²) in [6, 6.07) is 0. The maximum absolute atomic E-state index is 11.1. The average Bonchev–Trinajstić information content (AvgIpc) is 2.15. The average molecular weight is 214 g/mol. The van der Waals surface area contributed by atoms with E-state index >= 15 is 0 Å². The van der Waals surface area contributed by atoms with Crippen LogP contribution >= 0.6 is 0 Å². The van der Waals surface area contributed by atoms with Crippen molar-refractivity contribution in [2.75, 3.05) is 13.2 Å².